The zero-order valence-corrected chi connectivity index (χ0v) is 41.5. The number of hydrogen-bond acceptors (Lipinski definition) is 15. The number of ether oxygens (including phenoxy) is 4. The molecule has 0 bridgehead atoms. The molecule has 0 radical (unpaired) electrons. The summed E-state index contributed by atoms with van der Waals surface area (Å²) in [7, 11) is 1.85. The zero-order chi connectivity index (χ0) is 50.0. The molecular weight excluding hydrogens is 855 g/mol. The summed E-state index contributed by atoms with van der Waals surface area (Å²) in [5.41, 5.74) is 8.27. The number of rotatable bonds is 43. The molecule has 0 rings (SSSR count). The number of carboxylic acid groups (broad SMARTS) is 1. The molecule has 0 aliphatic carbocycles. The second-order valence-electron chi connectivity index (χ2n) is 15.3. The van der Waals surface area contributed by atoms with E-state index in [0.29, 0.717) is 71.2 Å². The van der Waals surface area contributed by atoms with Crippen LogP contribution < -0.4 is 44.1 Å². The maximum absolute atomic E-state index is 11.7. The Kier molecular flexibility index (Phi) is 63.8. The van der Waals surface area contributed by atoms with Crippen LogP contribution in [0.25, 0.3) is 0 Å². The Balaban J connectivity index is -0.000000577. The fourth-order valence-electron chi connectivity index (χ4n) is 5.69. The number of hydrazone groups is 1. The van der Waals surface area contributed by atoms with Gasteiger partial charge in [0.05, 0.1) is 45.7 Å². The molecule has 0 saturated heterocycles. The van der Waals surface area contributed by atoms with Crippen molar-refractivity contribution in [3.63, 3.8) is 0 Å². The van der Waals surface area contributed by atoms with Crippen molar-refractivity contribution in [1.29, 1.82) is 0 Å². The minimum Gasteiger partial charge on any atom is -0.483 e. The van der Waals surface area contributed by atoms with E-state index in [9.17, 15) is 24.0 Å². The van der Waals surface area contributed by atoms with Crippen LogP contribution in [-0.4, -0.2) is 139 Å². The monoisotopic (exact) mass is 950 g/mol. The van der Waals surface area contributed by atoms with Crippen LogP contribution >= 0.6 is 0 Å². The molecule has 0 heterocycles. The van der Waals surface area contributed by atoms with Crippen molar-refractivity contribution in [2.75, 3.05) is 86.1 Å². The van der Waals surface area contributed by atoms with Crippen LogP contribution in [0.3, 0.4) is 0 Å². The number of amidine groups is 1. The number of nitrogens with zero attached hydrogens (tertiary/aromatic N) is 1. The van der Waals surface area contributed by atoms with Gasteiger partial charge in [-0.3, -0.25) is 24.0 Å². The molecule has 390 valence electrons. The van der Waals surface area contributed by atoms with Crippen LogP contribution in [0.1, 0.15) is 162 Å². The smallest absolute Gasteiger partial charge is 0.290 e. The van der Waals surface area contributed by atoms with Crippen molar-refractivity contribution >= 4 is 42.1 Å². The predicted octanol–water partition coefficient (Wildman–Crippen LogP) is 3.77. The Labute approximate surface area is 397 Å². The number of Topliss-reactive ketones (excluding diaryl/α,β-unsaturated/α-hetero) is 1. The van der Waals surface area contributed by atoms with Crippen LogP contribution in [0, 0.1) is 0 Å². The molecule has 66 heavy (non-hydrogen) atoms. The van der Waals surface area contributed by atoms with Gasteiger partial charge in [-0.15, -0.1) is 0 Å². The van der Waals surface area contributed by atoms with Gasteiger partial charge in [0.25, 0.3) is 6.47 Å². The maximum Gasteiger partial charge on any atom is 0.290 e. The van der Waals surface area contributed by atoms with Crippen LogP contribution in [0.4, 0.5) is 0 Å². The third kappa shape index (κ3) is 62.3. The topological polar surface area (TPSA) is 310 Å². The first-order valence-corrected chi connectivity index (χ1v) is 24.4. The molecule has 0 fully saturated rings. The summed E-state index contributed by atoms with van der Waals surface area (Å²) in [6, 6.07) is -0.414. The molecule has 3 amide bonds. The molecule has 1 atom stereocenters. The maximum atomic E-state index is 11.7. The molecule has 20 heteroatoms. The first kappa shape index (κ1) is 68.8. The van der Waals surface area contributed by atoms with Crippen molar-refractivity contribution < 1.29 is 52.8 Å². The fourth-order valence-corrected chi connectivity index (χ4v) is 5.69. The molecule has 0 aromatic carbocycles. The fraction of sp³-hybridized carbons (Fsp3) is 0.848. The van der Waals surface area contributed by atoms with E-state index in [-0.39, 0.29) is 56.4 Å². The van der Waals surface area contributed by atoms with E-state index < -0.39 is 6.04 Å². The van der Waals surface area contributed by atoms with Gasteiger partial charge in [-0.2, -0.15) is 5.10 Å². The summed E-state index contributed by atoms with van der Waals surface area (Å²) in [4.78, 5) is 64.8. The third-order valence-electron chi connectivity index (χ3n) is 9.26. The van der Waals surface area contributed by atoms with Gasteiger partial charge >= 0.3 is 0 Å². The Morgan fingerprint density at radius 1 is 0.591 bits per heavy atom. The molecule has 0 spiro atoms. The first-order valence-electron chi connectivity index (χ1n) is 24.4. The second kappa shape index (κ2) is 61.2. The quantitative estimate of drug-likeness (QED) is 0.0105. The Morgan fingerprint density at radius 3 is 1.47 bits per heavy atom. The van der Waals surface area contributed by atoms with Crippen LogP contribution in [0.2, 0.25) is 0 Å². The number of aldehydes is 1. The molecule has 0 aliphatic rings. The van der Waals surface area contributed by atoms with E-state index >= 15 is 0 Å². The van der Waals surface area contributed by atoms with E-state index in [0.717, 1.165) is 57.8 Å². The van der Waals surface area contributed by atoms with E-state index in [1.807, 2.05) is 7.05 Å². The third-order valence-corrected chi connectivity index (χ3v) is 9.26. The van der Waals surface area contributed by atoms with Gasteiger partial charge in [0.15, 0.2) is 0 Å². The van der Waals surface area contributed by atoms with Crippen molar-refractivity contribution in [3.8, 4) is 0 Å². The van der Waals surface area contributed by atoms with Gasteiger partial charge < -0.3 is 67.1 Å². The van der Waals surface area contributed by atoms with E-state index in [2.05, 4.69) is 45.6 Å². The summed E-state index contributed by atoms with van der Waals surface area (Å²) in [5, 5.41) is 21.7. The highest BCUT2D eigenvalue weighted by Gasteiger charge is 2.10. The number of hydrazine groups is 1. The highest BCUT2D eigenvalue weighted by Crippen LogP contribution is 2.13. The molecule has 0 aromatic rings. The number of amides is 3. The Hall–Kier alpha value is -3.79. The lowest BCUT2D eigenvalue weighted by molar-refractivity contribution is -0.127. The average molecular weight is 950 g/mol. The highest BCUT2D eigenvalue weighted by molar-refractivity contribution is 5.83. The Morgan fingerprint density at radius 2 is 1.03 bits per heavy atom. The van der Waals surface area contributed by atoms with Gasteiger partial charge in [0, 0.05) is 45.3 Å². The van der Waals surface area contributed by atoms with Crippen LogP contribution in [0.15, 0.2) is 5.10 Å². The number of nitrogens with two attached hydrogens (primary N) is 3. The van der Waals surface area contributed by atoms with Gasteiger partial charge in [-0.1, -0.05) is 97.8 Å². The number of carbonyl (C=O) groups is 6. The number of carbonyl (C=O) groups excluding carboxylic acids is 5. The summed E-state index contributed by atoms with van der Waals surface area (Å²) < 4.78 is 21.2. The lowest BCUT2D eigenvalue weighted by Crippen LogP contribution is -2.32. The highest BCUT2D eigenvalue weighted by atomic mass is 16.5. The minimum absolute atomic E-state index is 0.00292. The molecule has 20 nitrogen and oxygen atoms in total. The number of unbranched alkanes of at least 4 members (excludes halogenated alkanes) is 14. The molecule has 0 saturated carbocycles. The van der Waals surface area contributed by atoms with Crippen LogP contribution in [-0.2, 0) is 47.7 Å². The number of hydrogen-bond donors (Lipinski definition) is 9. The normalized spacial score (nSPS) is 11.0. The van der Waals surface area contributed by atoms with E-state index in [1.54, 1.807) is 6.92 Å². The summed E-state index contributed by atoms with van der Waals surface area (Å²) >= 11 is 0. The van der Waals surface area contributed by atoms with E-state index in [1.165, 1.54) is 77.0 Å². The molecule has 1 unspecified atom stereocenters. The van der Waals surface area contributed by atoms with Gasteiger partial charge in [-0.25, -0.2) is 5.84 Å². The average Bonchev–Trinajstić information content (AvgIpc) is 3.31. The van der Waals surface area contributed by atoms with Crippen LogP contribution in [0.5, 0.6) is 0 Å². The van der Waals surface area contributed by atoms with Crippen molar-refractivity contribution in [2.45, 2.75) is 168 Å². The molecule has 12 N–H and O–H groups in total. The lowest BCUT2D eigenvalue weighted by Gasteiger charge is -2.10. The molecule has 0 aromatic heterocycles. The molecular formula is C46H95N9O11. The SMILES string of the molecule is CCC.CCC(=O)C(N)CCCCNC(=O)COCCOCCNC(=O)COCCOCCNC(=O)CCCNC.N/N=C(/CCCCCCCCCCCCCCCC=O)NN.O=CO. The summed E-state index contributed by atoms with van der Waals surface area (Å²) in [6.45, 7) is 9.64. The van der Waals surface area contributed by atoms with Crippen molar-refractivity contribution in [3.05, 3.63) is 0 Å². The standard InChI is InChI=1S/C25H49N5O8.C17H36N4O.C3H8.CH2O2/c1-3-22(31)21(26)7-4-5-10-28-24(33)19-37-17-16-36-14-12-30-25(34)20-38-18-15-35-13-11-29-23(32)8-6-9-27-2;18-20-17(21-19)15-13-11-9-7-5-3-1-2-4-6-8-10-12-14-16-22;1-3-2;2-1-3/h21,27H,3-20,26H2,1-2H3,(H,28,33)(H,29,32)(H,30,34);16H,1-15,18-19H2,(H,20,21);3H2,1-2H3;1H,(H,2,3). The predicted molar refractivity (Wildman–Crippen MR) is 262 cm³/mol. The van der Waals surface area contributed by atoms with Crippen molar-refractivity contribution in [2.24, 2.45) is 22.5 Å². The largest absolute Gasteiger partial charge is 0.483 e. The zero-order valence-electron chi connectivity index (χ0n) is 41.5. The van der Waals surface area contributed by atoms with Gasteiger partial charge in [0.1, 0.15) is 31.1 Å². The number of ketones is 1. The number of nitrogens with one attached hydrogen (secondary N) is 5. The lowest BCUT2D eigenvalue weighted by atomic mass is 10.0. The summed E-state index contributed by atoms with van der Waals surface area (Å²) in [6.07, 6.45) is 24.4. The van der Waals surface area contributed by atoms with Crippen molar-refractivity contribution in [1.82, 2.24) is 26.7 Å². The first-order chi connectivity index (χ1) is 32.1. The Bertz CT molecular complexity index is 1130. The van der Waals surface area contributed by atoms with E-state index in [4.69, 9.17) is 46.3 Å². The van der Waals surface area contributed by atoms with Gasteiger partial charge in [-0.05, 0) is 52.1 Å². The van der Waals surface area contributed by atoms with Gasteiger partial charge in [0.2, 0.25) is 17.7 Å². The summed E-state index contributed by atoms with van der Waals surface area (Å²) in [5.74, 6) is 10.7. The minimum atomic E-state index is -0.414. The second-order valence-corrected chi connectivity index (χ2v) is 15.3. The molecule has 0 aliphatic heterocycles.